The number of nitrogens with zero attached hydrogens (tertiary/aromatic N) is 1. The lowest BCUT2D eigenvalue weighted by Gasteiger charge is -2.21. The van der Waals surface area contributed by atoms with Gasteiger partial charge in [-0.3, -0.25) is 4.79 Å². The molecule has 8 heteroatoms. The number of benzene rings is 2. The van der Waals surface area contributed by atoms with Gasteiger partial charge in [0.25, 0.3) is 5.91 Å². The van der Waals surface area contributed by atoms with E-state index in [1.54, 1.807) is 41.3 Å². The largest absolute Gasteiger partial charge is 0.493 e. The molecule has 0 saturated heterocycles. The minimum absolute atomic E-state index is 0.171. The van der Waals surface area contributed by atoms with Gasteiger partial charge in [-0.1, -0.05) is 17.7 Å². The van der Waals surface area contributed by atoms with Crippen LogP contribution in [0.4, 0.5) is 0 Å². The Hall–Kier alpha value is -2.93. The predicted octanol–water partition coefficient (Wildman–Crippen LogP) is 2.85. The third-order valence-electron chi connectivity index (χ3n) is 4.03. The zero-order chi connectivity index (χ0) is 19.4. The summed E-state index contributed by atoms with van der Waals surface area (Å²) in [4.78, 5) is 25.2. The van der Waals surface area contributed by atoms with Crippen molar-refractivity contribution in [3.8, 4) is 17.2 Å². The molecule has 0 aromatic heterocycles. The Bertz CT molecular complexity index is 869. The van der Waals surface area contributed by atoms with Gasteiger partial charge in [0.2, 0.25) is 0 Å². The first-order valence-electron chi connectivity index (χ1n) is 8.21. The highest BCUT2D eigenvalue weighted by Crippen LogP contribution is 2.30. The maximum Gasteiger partial charge on any atom is 0.341 e. The molecule has 1 aliphatic heterocycles. The third kappa shape index (κ3) is 4.43. The zero-order valence-corrected chi connectivity index (χ0v) is 15.4. The van der Waals surface area contributed by atoms with Crippen molar-refractivity contribution >= 4 is 23.5 Å². The molecule has 7 nitrogen and oxygen atoms in total. The highest BCUT2D eigenvalue weighted by Gasteiger charge is 2.24. The van der Waals surface area contributed by atoms with Gasteiger partial charge in [-0.2, -0.15) is 0 Å². The van der Waals surface area contributed by atoms with Crippen LogP contribution >= 0.6 is 11.6 Å². The van der Waals surface area contributed by atoms with E-state index in [0.29, 0.717) is 47.5 Å². The van der Waals surface area contributed by atoms with Crippen LogP contribution in [0.2, 0.25) is 5.02 Å². The standard InChI is InChI=1S/C19H18ClNO6/c1-25-17-8-12(2-4-16(17)27-11-18(22)23)10-21-6-7-26-15-5-3-13(20)9-14(15)19(21)24/h2-5,8-9H,6-7,10-11H2,1H3,(H,22,23). The highest BCUT2D eigenvalue weighted by molar-refractivity contribution is 6.31. The van der Waals surface area contributed by atoms with E-state index in [1.807, 2.05) is 0 Å². The quantitative estimate of drug-likeness (QED) is 0.815. The van der Waals surface area contributed by atoms with Crippen LogP contribution in [0.15, 0.2) is 36.4 Å². The predicted molar refractivity (Wildman–Crippen MR) is 97.8 cm³/mol. The molecular formula is C19H18ClNO6. The van der Waals surface area contributed by atoms with Crippen molar-refractivity contribution in [3.05, 3.63) is 52.5 Å². The Morgan fingerprint density at radius 3 is 2.81 bits per heavy atom. The van der Waals surface area contributed by atoms with Crippen LogP contribution in [0.3, 0.4) is 0 Å². The monoisotopic (exact) mass is 391 g/mol. The topological polar surface area (TPSA) is 85.3 Å². The fraction of sp³-hybridized carbons (Fsp3) is 0.263. The number of carboxylic acids is 1. The van der Waals surface area contributed by atoms with E-state index in [9.17, 15) is 9.59 Å². The lowest BCUT2D eigenvalue weighted by atomic mass is 10.1. The number of rotatable bonds is 6. The van der Waals surface area contributed by atoms with Crippen molar-refractivity contribution in [3.63, 3.8) is 0 Å². The Kier molecular flexibility index (Phi) is 5.71. The first kappa shape index (κ1) is 18.8. The number of carbonyl (C=O) groups excluding carboxylic acids is 1. The Balaban J connectivity index is 1.80. The van der Waals surface area contributed by atoms with Crippen LogP contribution in [0.5, 0.6) is 17.2 Å². The molecule has 0 unspecified atom stereocenters. The van der Waals surface area contributed by atoms with E-state index in [4.69, 9.17) is 30.9 Å². The van der Waals surface area contributed by atoms with Crippen molar-refractivity contribution in [2.75, 3.05) is 26.9 Å². The fourth-order valence-electron chi connectivity index (χ4n) is 2.77. The molecule has 3 rings (SSSR count). The highest BCUT2D eigenvalue weighted by atomic mass is 35.5. The van der Waals surface area contributed by atoms with Crippen LogP contribution in [0.25, 0.3) is 0 Å². The zero-order valence-electron chi connectivity index (χ0n) is 14.6. The number of halogens is 1. The number of fused-ring (bicyclic) bond motifs is 1. The van der Waals surface area contributed by atoms with Crippen molar-refractivity contribution in [2.45, 2.75) is 6.54 Å². The van der Waals surface area contributed by atoms with Gasteiger partial charge in [0.05, 0.1) is 19.2 Å². The summed E-state index contributed by atoms with van der Waals surface area (Å²) in [5.41, 5.74) is 1.24. The summed E-state index contributed by atoms with van der Waals surface area (Å²) in [5.74, 6) is -0.00675. The Morgan fingerprint density at radius 2 is 2.07 bits per heavy atom. The van der Waals surface area contributed by atoms with Crippen LogP contribution in [0, 0.1) is 0 Å². The average Bonchev–Trinajstić information content (AvgIpc) is 2.80. The molecule has 1 N–H and O–H groups in total. The van der Waals surface area contributed by atoms with Gasteiger partial charge in [0.1, 0.15) is 12.4 Å². The molecule has 0 spiro atoms. The van der Waals surface area contributed by atoms with Gasteiger partial charge in [-0.15, -0.1) is 0 Å². The molecule has 0 bridgehead atoms. The molecule has 142 valence electrons. The van der Waals surface area contributed by atoms with Gasteiger partial charge >= 0.3 is 5.97 Å². The number of carbonyl (C=O) groups is 2. The Labute approximate surface area is 161 Å². The number of hydrogen-bond donors (Lipinski definition) is 1. The summed E-state index contributed by atoms with van der Waals surface area (Å²) >= 11 is 6.01. The van der Waals surface area contributed by atoms with Crippen molar-refractivity contribution in [2.24, 2.45) is 0 Å². The maximum absolute atomic E-state index is 12.9. The molecule has 0 fully saturated rings. The van der Waals surface area contributed by atoms with Crippen LogP contribution in [-0.2, 0) is 11.3 Å². The third-order valence-corrected chi connectivity index (χ3v) is 4.27. The summed E-state index contributed by atoms with van der Waals surface area (Å²) in [6, 6.07) is 10.1. The van der Waals surface area contributed by atoms with Crippen LogP contribution in [-0.4, -0.2) is 48.8 Å². The number of hydrogen-bond acceptors (Lipinski definition) is 5. The molecule has 0 radical (unpaired) electrons. The molecule has 0 atom stereocenters. The van der Waals surface area contributed by atoms with E-state index < -0.39 is 12.6 Å². The molecule has 1 heterocycles. The summed E-state index contributed by atoms with van der Waals surface area (Å²) in [6.45, 7) is 0.668. The second-order valence-corrected chi connectivity index (χ2v) is 6.32. The van der Waals surface area contributed by atoms with Gasteiger partial charge in [0.15, 0.2) is 18.1 Å². The summed E-state index contributed by atoms with van der Waals surface area (Å²) in [6.07, 6.45) is 0. The van der Waals surface area contributed by atoms with Gasteiger partial charge < -0.3 is 24.2 Å². The first-order valence-corrected chi connectivity index (χ1v) is 8.59. The van der Waals surface area contributed by atoms with Crippen LogP contribution in [0.1, 0.15) is 15.9 Å². The number of carboxylic acid groups (broad SMARTS) is 1. The van der Waals surface area contributed by atoms with Gasteiger partial charge in [-0.25, -0.2) is 4.79 Å². The smallest absolute Gasteiger partial charge is 0.341 e. The lowest BCUT2D eigenvalue weighted by molar-refractivity contribution is -0.139. The van der Waals surface area contributed by atoms with Gasteiger partial charge in [0, 0.05) is 11.6 Å². The second-order valence-electron chi connectivity index (χ2n) is 5.88. The Morgan fingerprint density at radius 1 is 1.26 bits per heavy atom. The SMILES string of the molecule is COc1cc(CN2CCOc3ccc(Cl)cc3C2=O)ccc1OCC(=O)O. The van der Waals surface area contributed by atoms with E-state index in [0.717, 1.165) is 5.56 Å². The normalized spacial score (nSPS) is 13.4. The van der Waals surface area contributed by atoms with E-state index >= 15 is 0 Å². The molecule has 0 aliphatic carbocycles. The molecule has 1 amide bonds. The van der Waals surface area contributed by atoms with Gasteiger partial charge in [-0.05, 0) is 35.9 Å². The van der Waals surface area contributed by atoms with Crippen molar-refractivity contribution in [1.29, 1.82) is 0 Å². The van der Waals surface area contributed by atoms with Crippen molar-refractivity contribution in [1.82, 2.24) is 4.90 Å². The molecule has 1 aliphatic rings. The summed E-state index contributed by atoms with van der Waals surface area (Å²) in [5, 5.41) is 9.20. The first-order chi connectivity index (χ1) is 13.0. The van der Waals surface area contributed by atoms with E-state index in [2.05, 4.69) is 0 Å². The van der Waals surface area contributed by atoms with Crippen LogP contribution < -0.4 is 14.2 Å². The minimum atomic E-state index is -1.08. The second kappa shape index (κ2) is 8.18. The minimum Gasteiger partial charge on any atom is -0.493 e. The number of ether oxygens (including phenoxy) is 3. The lowest BCUT2D eigenvalue weighted by Crippen LogP contribution is -2.31. The molecule has 2 aromatic carbocycles. The fourth-order valence-corrected chi connectivity index (χ4v) is 2.95. The number of amides is 1. The molecule has 0 saturated carbocycles. The van der Waals surface area contributed by atoms with E-state index in [-0.39, 0.29) is 5.91 Å². The molecular weight excluding hydrogens is 374 g/mol. The van der Waals surface area contributed by atoms with E-state index in [1.165, 1.54) is 7.11 Å². The molecule has 2 aromatic rings. The summed E-state index contributed by atoms with van der Waals surface area (Å²) < 4.78 is 16.1. The average molecular weight is 392 g/mol. The maximum atomic E-state index is 12.9. The number of methoxy groups -OCH3 is 1. The van der Waals surface area contributed by atoms with Crippen molar-refractivity contribution < 1.29 is 28.9 Å². The number of aliphatic carboxylic acids is 1. The summed E-state index contributed by atoms with van der Waals surface area (Å²) in [7, 11) is 1.47. The molecule has 27 heavy (non-hydrogen) atoms.